The van der Waals surface area contributed by atoms with Crippen LogP contribution in [0.2, 0.25) is 0 Å². The highest BCUT2D eigenvalue weighted by atomic mass is 32.2. The third-order valence-corrected chi connectivity index (χ3v) is 9.03. The van der Waals surface area contributed by atoms with Crippen LogP contribution in [0.15, 0.2) is 53.4 Å². The van der Waals surface area contributed by atoms with E-state index in [1.807, 2.05) is 48.0 Å². The zero-order valence-corrected chi connectivity index (χ0v) is 21.6. The summed E-state index contributed by atoms with van der Waals surface area (Å²) < 4.78 is 31.3. The third kappa shape index (κ3) is 5.27. The van der Waals surface area contributed by atoms with Crippen molar-refractivity contribution in [3.8, 4) is 11.3 Å². The number of carbonyl (C=O) groups excluding carboxylic acids is 2. The maximum Gasteiger partial charge on any atom is 0.240 e. The van der Waals surface area contributed by atoms with E-state index in [0.717, 1.165) is 27.7 Å². The fourth-order valence-electron chi connectivity index (χ4n) is 5.37. The van der Waals surface area contributed by atoms with E-state index in [9.17, 15) is 23.1 Å². The molecule has 1 aliphatic heterocycles. The lowest BCUT2D eigenvalue weighted by molar-refractivity contribution is -0.142. The Morgan fingerprint density at radius 3 is 2.49 bits per heavy atom. The van der Waals surface area contributed by atoms with Crippen LogP contribution < -0.4 is 10.0 Å². The smallest absolute Gasteiger partial charge is 0.240 e. The van der Waals surface area contributed by atoms with E-state index in [0.29, 0.717) is 38.8 Å². The van der Waals surface area contributed by atoms with Crippen molar-refractivity contribution >= 4 is 32.7 Å². The lowest BCUT2D eigenvalue weighted by Gasteiger charge is -2.33. The number of carbonyl (C=O) groups is 2. The van der Waals surface area contributed by atoms with Gasteiger partial charge in [-0.25, -0.2) is 13.1 Å². The van der Waals surface area contributed by atoms with Crippen molar-refractivity contribution in [2.45, 2.75) is 43.2 Å². The summed E-state index contributed by atoms with van der Waals surface area (Å²) >= 11 is 0. The van der Waals surface area contributed by atoms with Gasteiger partial charge in [0.15, 0.2) is 0 Å². The highest BCUT2D eigenvalue weighted by Gasteiger charge is 2.33. The Morgan fingerprint density at radius 1 is 1.08 bits per heavy atom. The number of aliphatic hydroxyl groups excluding tert-OH is 1. The van der Waals surface area contributed by atoms with Crippen molar-refractivity contribution < 1.29 is 23.1 Å². The van der Waals surface area contributed by atoms with Gasteiger partial charge in [0.25, 0.3) is 0 Å². The second kappa shape index (κ2) is 10.3. The first kappa shape index (κ1) is 25.4. The lowest BCUT2D eigenvalue weighted by atomic mass is 9.85. The van der Waals surface area contributed by atoms with Gasteiger partial charge in [0, 0.05) is 48.7 Å². The third-order valence-electron chi connectivity index (χ3n) is 7.51. The molecule has 0 atom stereocenters. The van der Waals surface area contributed by atoms with Crippen molar-refractivity contribution in [2.75, 3.05) is 19.6 Å². The van der Waals surface area contributed by atoms with Gasteiger partial charge < -0.3 is 19.9 Å². The number of hydrogen-bond donors (Lipinski definition) is 3. The summed E-state index contributed by atoms with van der Waals surface area (Å²) in [5.74, 6) is -0.314. The molecule has 0 bridgehead atoms. The Morgan fingerprint density at radius 2 is 1.81 bits per heavy atom. The fraction of sp³-hybridized carbons (Fsp3) is 0.407. The number of rotatable bonds is 6. The summed E-state index contributed by atoms with van der Waals surface area (Å²) in [7, 11) is -1.83. The van der Waals surface area contributed by atoms with Gasteiger partial charge in [0.05, 0.1) is 18.0 Å². The van der Waals surface area contributed by atoms with Crippen molar-refractivity contribution in [2.24, 2.45) is 13.0 Å². The molecule has 2 heterocycles. The minimum absolute atomic E-state index is 0.00729. The molecule has 9 nitrogen and oxygen atoms in total. The average molecular weight is 525 g/mol. The number of nitrogens with zero attached hydrogens (tertiary/aromatic N) is 2. The van der Waals surface area contributed by atoms with Crippen LogP contribution >= 0.6 is 0 Å². The molecule has 2 fully saturated rings. The molecular formula is C27H32N4O5S. The molecule has 196 valence electrons. The van der Waals surface area contributed by atoms with E-state index >= 15 is 0 Å². The zero-order valence-electron chi connectivity index (χ0n) is 20.8. The molecular weight excluding hydrogens is 492 g/mol. The fourth-order valence-corrected chi connectivity index (χ4v) is 6.69. The molecule has 2 aliphatic rings. The van der Waals surface area contributed by atoms with Crippen molar-refractivity contribution in [1.29, 1.82) is 0 Å². The minimum Gasteiger partial charge on any atom is -0.392 e. The average Bonchev–Trinajstić information content (AvgIpc) is 3.24. The standard InChI is InChI=1S/C27H32N4O5S/c1-30-24(19-4-2-18(17-32)3-5-19)14-21-8-11-23(15-25(21)30)37(35,36)29-22-9-6-20(7-10-22)27(34)31-13-12-28-26(33)16-31/h2-5,8,11,14-15,20,22,29,32H,6-7,9-10,12-13,16-17H2,1H3,(H,28,33)/t20-,22-. The summed E-state index contributed by atoms with van der Waals surface area (Å²) in [4.78, 5) is 26.2. The van der Waals surface area contributed by atoms with Gasteiger partial charge in [-0.2, -0.15) is 0 Å². The van der Waals surface area contributed by atoms with Crippen molar-refractivity contribution in [3.63, 3.8) is 0 Å². The molecule has 5 rings (SSSR count). The predicted octanol–water partition coefficient (Wildman–Crippen LogP) is 2.13. The number of piperazine rings is 1. The predicted molar refractivity (Wildman–Crippen MR) is 140 cm³/mol. The highest BCUT2D eigenvalue weighted by molar-refractivity contribution is 7.89. The van der Waals surface area contributed by atoms with Gasteiger partial charge in [0.2, 0.25) is 21.8 Å². The zero-order chi connectivity index (χ0) is 26.2. The van der Waals surface area contributed by atoms with Crippen LogP contribution in [0.4, 0.5) is 0 Å². The minimum atomic E-state index is -3.74. The van der Waals surface area contributed by atoms with E-state index in [2.05, 4.69) is 10.0 Å². The first-order chi connectivity index (χ1) is 17.7. The van der Waals surface area contributed by atoms with Gasteiger partial charge in [-0.15, -0.1) is 0 Å². The molecule has 2 amide bonds. The molecule has 1 saturated carbocycles. The molecule has 2 aromatic carbocycles. The number of nitrogens with one attached hydrogen (secondary N) is 2. The summed E-state index contributed by atoms with van der Waals surface area (Å²) in [6.07, 6.45) is 2.35. The SMILES string of the molecule is Cn1c(-c2ccc(CO)cc2)cc2ccc(S(=O)(=O)N[C@H]3CC[C@H](C(=O)N4CCNC(=O)C4)CC3)cc21. The Bertz CT molecular complexity index is 1420. The molecule has 37 heavy (non-hydrogen) atoms. The van der Waals surface area contributed by atoms with Crippen LogP contribution in [0.1, 0.15) is 31.2 Å². The quantitative estimate of drug-likeness (QED) is 0.456. The van der Waals surface area contributed by atoms with Gasteiger partial charge >= 0.3 is 0 Å². The molecule has 0 radical (unpaired) electrons. The Hall–Kier alpha value is -3.21. The number of aryl methyl sites for hydroxylation is 1. The number of fused-ring (bicyclic) bond motifs is 1. The van der Waals surface area contributed by atoms with E-state index in [1.54, 1.807) is 17.0 Å². The van der Waals surface area contributed by atoms with Crippen molar-refractivity contribution in [1.82, 2.24) is 19.5 Å². The second-order valence-electron chi connectivity index (χ2n) is 9.94. The summed E-state index contributed by atoms with van der Waals surface area (Å²) in [5.41, 5.74) is 3.58. The molecule has 1 saturated heterocycles. The molecule has 0 spiro atoms. The monoisotopic (exact) mass is 524 g/mol. The number of aromatic nitrogens is 1. The Labute approximate surface area is 216 Å². The van der Waals surface area contributed by atoms with Crippen LogP contribution in [0, 0.1) is 5.92 Å². The van der Waals surface area contributed by atoms with E-state index < -0.39 is 10.0 Å². The first-order valence-corrected chi connectivity index (χ1v) is 14.1. The number of sulfonamides is 1. The summed E-state index contributed by atoms with van der Waals surface area (Å²) in [6, 6.07) is 14.6. The van der Waals surface area contributed by atoms with Gasteiger partial charge in [-0.05, 0) is 55.0 Å². The van der Waals surface area contributed by atoms with Crippen LogP contribution in [0.5, 0.6) is 0 Å². The molecule has 0 unspecified atom stereocenters. The van der Waals surface area contributed by atoms with Crippen LogP contribution in [-0.2, 0) is 33.3 Å². The molecule has 3 aromatic rings. The number of hydrogen-bond acceptors (Lipinski definition) is 5. The number of amides is 2. The topological polar surface area (TPSA) is 121 Å². The van der Waals surface area contributed by atoms with Crippen LogP contribution in [0.25, 0.3) is 22.2 Å². The van der Waals surface area contributed by atoms with Crippen LogP contribution in [0.3, 0.4) is 0 Å². The maximum absolute atomic E-state index is 13.2. The second-order valence-corrected chi connectivity index (χ2v) is 11.7. The number of aliphatic hydroxyl groups is 1. The molecule has 10 heteroatoms. The largest absolute Gasteiger partial charge is 0.392 e. The van der Waals surface area contributed by atoms with Gasteiger partial charge in [-0.3, -0.25) is 9.59 Å². The van der Waals surface area contributed by atoms with E-state index in [1.165, 1.54) is 0 Å². The maximum atomic E-state index is 13.2. The molecule has 3 N–H and O–H groups in total. The van der Waals surface area contributed by atoms with Gasteiger partial charge in [-0.1, -0.05) is 30.3 Å². The Kier molecular flexibility index (Phi) is 7.06. The molecule has 1 aromatic heterocycles. The van der Waals surface area contributed by atoms with E-state index in [4.69, 9.17) is 0 Å². The van der Waals surface area contributed by atoms with Crippen molar-refractivity contribution in [3.05, 3.63) is 54.1 Å². The highest BCUT2D eigenvalue weighted by Crippen LogP contribution is 2.31. The van der Waals surface area contributed by atoms with Crippen LogP contribution in [-0.4, -0.2) is 60.5 Å². The summed E-state index contributed by atoms with van der Waals surface area (Å²) in [6.45, 7) is 1.08. The molecule has 1 aliphatic carbocycles. The van der Waals surface area contributed by atoms with Gasteiger partial charge in [0.1, 0.15) is 0 Å². The normalized spacial score (nSPS) is 20.7. The first-order valence-electron chi connectivity index (χ1n) is 12.6. The summed E-state index contributed by atoms with van der Waals surface area (Å²) in [5, 5.41) is 13.0. The lowest BCUT2D eigenvalue weighted by Crippen LogP contribution is -2.52. The van der Waals surface area contributed by atoms with E-state index in [-0.39, 0.29) is 41.8 Å². The number of benzene rings is 2. The Balaban J connectivity index is 1.26.